The quantitative estimate of drug-likeness (QED) is 0.905. The van der Waals surface area contributed by atoms with Crippen LogP contribution in [0.1, 0.15) is 31.2 Å². The van der Waals surface area contributed by atoms with Crippen molar-refractivity contribution in [1.29, 1.82) is 0 Å². The van der Waals surface area contributed by atoms with E-state index in [2.05, 4.69) is 28.1 Å². The van der Waals surface area contributed by atoms with Crippen LogP contribution in [0.15, 0.2) is 22.7 Å². The number of halogens is 1. The molecule has 1 fully saturated rings. The van der Waals surface area contributed by atoms with Gasteiger partial charge in [0.25, 0.3) is 0 Å². The minimum atomic E-state index is 1.02. The number of nitrogens with one attached hydrogen (secondary N) is 1. The number of quaternary nitrogens is 1. The predicted molar refractivity (Wildman–Crippen MR) is 73.6 cm³/mol. The van der Waals surface area contributed by atoms with Crippen LogP contribution in [0, 0.1) is 0 Å². The van der Waals surface area contributed by atoms with Crippen LogP contribution in [0.4, 0.5) is 0 Å². The molecule has 1 N–H and O–H groups in total. The van der Waals surface area contributed by atoms with Gasteiger partial charge in [-0.25, -0.2) is 0 Å². The maximum atomic E-state index is 5.44. The maximum absolute atomic E-state index is 5.44. The van der Waals surface area contributed by atoms with E-state index in [9.17, 15) is 0 Å². The molecule has 0 saturated carbocycles. The van der Waals surface area contributed by atoms with Gasteiger partial charge in [0.1, 0.15) is 12.3 Å². The Morgan fingerprint density at radius 3 is 2.53 bits per heavy atom. The van der Waals surface area contributed by atoms with Gasteiger partial charge < -0.3 is 9.64 Å². The summed E-state index contributed by atoms with van der Waals surface area (Å²) in [5.41, 5.74) is 1.32. The lowest BCUT2D eigenvalue weighted by molar-refractivity contribution is -0.913. The molecule has 0 bridgehead atoms. The molecule has 0 aromatic heterocycles. The molecule has 0 radical (unpaired) electrons. The van der Waals surface area contributed by atoms with E-state index in [1.165, 1.54) is 44.3 Å². The summed E-state index contributed by atoms with van der Waals surface area (Å²) in [5, 5.41) is 0. The van der Waals surface area contributed by atoms with Crippen molar-refractivity contribution >= 4 is 15.9 Å². The van der Waals surface area contributed by atoms with Crippen molar-refractivity contribution in [2.75, 3.05) is 20.2 Å². The van der Waals surface area contributed by atoms with Crippen LogP contribution in [0.5, 0.6) is 5.75 Å². The van der Waals surface area contributed by atoms with E-state index >= 15 is 0 Å². The summed E-state index contributed by atoms with van der Waals surface area (Å²) in [5.74, 6) is 1.02. The van der Waals surface area contributed by atoms with E-state index < -0.39 is 0 Å². The van der Waals surface area contributed by atoms with Crippen molar-refractivity contribution in [3.05, 3.63) is 28.2 Å². The molecule has 3 heteroatoms. The zero-order valence-electron chi connectivity index (χ0n) is 10.5. The molecule has 0 atom stereocenters. The van der Waals surface area contributed by atoms with Gasteiger partial charge in [-0.3, -0.25) is 0 Å². The summed E-state index contributed by atoms with van der Waals surface area (Å²) in [4.78, 5) is 1.69. The smallest absolute Gasteiger partial charge is 0.127 e. The number of hydrogen-bond donors (Lipinski definition) is 1. The molecule has 1 heterocycles. The first-order valence-corrected chi connectivity index (χ1v) is 7.25. The largest absolute Gasteiger partial charge is 0.496 e. The summed E-state index contributed by atoms with van der Waals surface area (Å²) < 4.78 is 6.58. The standard InChI is InChI=1S/C14H20BrNO/c1-17-14-7-6-13(15)10-12(14)11-16-8-4-2-3-5-9-16/h6-7,10H,2-5,8-9,11H2,1H3/p+1. The maximum Gasteiger partial charge on any atom is 0.127 e. The minimum Gasteiger partial charge on any atom is -0.496 e. The normalized spacial score (nSPS) is 17.8. The van der Waals surface area contributed by atoms with Crippen LogP contribution in [0.2, 0.25) is 0 Å². The van der Waals surface area contributed by atoms with E-state index in [0.717, 1.165) is 16.8 Å². The topological polar surface area (TPSA) is 13.7 Å². The second kappa shape index (κ2) is 6.41. The SMILES string of the molecule is COc1ccc(Br)cc1C[NH+]1CCCCCC1. The van der Waals surface area contributed by atoms with Gasteiger partial charge in [-0.1, -0.05) is 15.9 Å². The molecule has 0 aliphatic carbocycles. The predicted octanol–water partition coefficient (Wildman–Crippen LogP) is 2.42. The van der Waals surface area contributed by atoms with Crippen molar-refractivity contribution in [3.8, 4) is 5.75 Å². The van der Waals surface area contributed by atoms with E-state index in [0.29, 0.717) is 0 Å². The first kappa shape index (κ1) is 12.9. The number of rotatable bonds is 3. The first-order chi connectivity index (χ1) is 8.29. The number of hydrogen-bond acceptors (Lipinski definition) is 1. The third-order valence-electron chi connectivity index (χ3n) is 3.49. The number of benzene rings is 1. The summed E-state index contributed by atoms with van der Waals surface area (Å²) in [7, 11) is 1.75. The van der Waals surface area contributed by atoms with Crippen LogP contribution < -0.4 is 9.64 Å². The van der Waals surface area contributed by atoms with Crippen LogP contribution in [-0.4, -0.2) is 20.2 Å². The van der Waals surface area contributed by atoms with Gasteiger partial charge in [-0.15, -0.1) is 0 Å². The molecule has 2 nitrogen and oxygen atoms in total. The Kier molecular flexibility index (Phi) is 4.86. The molecule has 1 saturated heterocycles. The monoisotopic (exact) mass is 298 g/mol. The number of methoxy groups -OCH3 is 1. The summed E-state index contributed by atoms with van der Waals surface area (Å²) in [6.07, 6.45) is 5.54. The van der Waals surface area contributed by atoms with E-state index in [1.807, 2.05) is 6.07 Å². The summed E-state index contributed by atoms with van der Waals surface area (Å²) in [6.45, 7) is 3.69. The molecule has 0 spiro atoms. The second-order valence-corrected chi connectivity index (χ2v) is 5.71. The van der Waals surface area contributed by atoms with E-state index in [-0.39, 0.29) is 0 Å². The first-order valence-electron chi connectivity index (χ1n) is 6.45. The fourth-order valence-electron chi connectivity index (χ4n) is 2.56. The lowest BCUT2D eigenvalue weighted by atomic mass is 10.2. The Hall–Kier alpha value is -0.540. The van der Waals surface area contributed by atoms with Gasteiger partial charge in [0.2, 0.25) is 0 Å². The Bertz CT molecular complexity index is 359. The van der Waals surface area contributed by atoms with Crippen molar-refractivity contribution in [3.63, 3.8) is 0 Å². The number of likely N-dealkylation sites (tertiary alicyclic amines) is 1. The molecule has 1 aliphatic rings. The average molecular weight is 299 g/mol. The molecule has 1 aliphatic heterocycles. The van der Waals surface area contributed by atoms with Gasteiger partial charge in [-0.2, -0.15) is 0 Å². The second-order valence-electron chi connectivity index (χ2n) is 4.80. The van der Waals surface area contributed by atoms with Crippen molar-refractivity contribution in [1.82, 2.24) is 0 Å². The van der Waals surface area contributed by atoms with Crippen LogP contribution in [0.3, 0.4) is 0 Å². The third kappa shape index (κ3) is 3.71. The highest BCUT2D eigenvalue weighted by atomic mass is 79.9. The van der Waals surface area contributed by atoms with Gasteiger partial charge in [0.15, 0.2) is 0 Å². The van der Waals surface area contributed by atoms with Gasteiger partial charge in [-0.05, 0) is 43.9 Å². The lowest BCUT2D eigenvalue weighted by Crippen LogP contribution is -3.10. The molecule has 1 aromatic rings. The Morgan fingerprint density at radius 1 is 1.18 bits per heavy atom. The fraction of sp³-hybridized carbons (Fsp3) is 0.571. The lowest BCUT2D eigenvalue weighted by Gasteiger charge is -2.18. The number of ether oxygens (including phenoxy) is 1. The Morgan fingerprint density at radius 2 is 1.88 bits per heavy atom. The van der Waals surface area contributed by atoms with Gasteiger partial charge in [0, 0.05) is 10.0 Å². The average Bonchev–Trinajstić information content (AvgIpc) is 2.58. The van der Waals surface area contributed by atoms with E-state index in [4.69, 9.17) is 4.74 Å². The molecule has 0 unspecified atom stereocenters. The van der Waals surface area contributed by atoms with Crippen LogP contribution in [0.25, 0.3) is 0 Å². The highest BCUT2D eigenvalue weighted by Gasteiger charge is 2.15. The molecule has 0 amide bonds. The van der Waals surface area contributed by atoms with Crippen molar-refractivity contribution in [2.24, 2.45) is 0 Å². The zero-order valence-corrected chi connectivity index (χ0v) is 12.1. The molecular weight excluding hydrogens is 278 g/mol. The minimum absolute atomic E-state index is 1.02. The fourth-order valence-corrected chi connectivity index (χ4v) is 2.97. The molecule has 17 heavy (non-hydrogen) atoms. The highest BCUT2D eigenvalue weighted by Crippen LogP contribution is 2.22. The van der Waals surface area contributed by atoms with Crippen LogP contribution >= 0.6 is 15.9 Å². The molecule has 94 valence electrons. The molecule has 2 rings (SSSR count). The summed E-state index contributed by atoms with van der Waals surface area (Å²) >= 11 is 3.54. The van der Waals surface area contributed by atoms with Crippen LogP contribution in [-0.2, 0) is 6.54 Å². The Balaban J connectivity index is 2.07. The van der Waals surface area contributed by atoms with E-state index in [1.54, 1.807) is 12.0 Å². The van der Waals surface area contributed by atoms with Crippen molar-refractivity contribution < 1.29 is 9.64 Å². The zero-order chi connectivity index (χ0) is 12.1. The van der Waals surface area contributed by atoms with Gasteiger partial charge >= 0.3 is 0 Å². The molecule has 1 aromatic carbocycles. The molecular formula is C14H21BrNO+. The summed E-state index contributed by atoms with van der Waals surface area (Å²) in [6, 6.07) is 6.29. The third-order valence-corrected chi connectivity index (χ3v) is 3.99. The van der Waals surface area contributed by atoms with Gasteiger partial charge in [0.05, 0.1) is 20.2 Å². The van der Waals surface area contributed by atoms with Crippen molar-refractivity contribution in [2.45, 2.75) is 32.2 Å². The highest BCUT2D eigenvalue weighted by molar-refractivity contribution is 9.10. The Labute approximate surface area is 112 Å².